The van der Waals surface area contributed by atoms with Crippen LogP contribution in [0.2, 0.25) is 0 Å². The van der Waals surface area contributed by atoms with Gasteiger partial charge in [0.25, 0.3) is 0 Å². The van der Waals surface area contributed by atoms with Gasteiger partial charge in [-0.1, -0.05) is 12.1 Å². The summed E-state index contributed by atoms with van der Waals surface area (Å²) >= 11 is 3.24. The lowest BCUT2D eigenvalue weighted by Gasteiger charge is -1.98. The van der Waals surface area contributed by atoms with Gasteiger partial charge in [-0.3, -0.25) is 4.79 Å². The predicted molar refractivity (Wildman–Crippen MR) is 71.0 cm³/mol. The summed E-state index contributed by atoms with van der Waals surface area (Å²) in [6.45, 7) is 1.94. The van der Waals surface area contributed by atoms with Crippen LogP contribution in [-0.2, 0) is 11.2 Å². The smallest absolute Gasteiger partial charge is 0.234 e. The average Bonchev–Trinajstić information content (AvgIpc) is 2.77. The third-order valence-electron chi connectivity index (χ3n) is 2.52. The molecule has 1 heterocycles. The first kappa shape index (κ1) is 13.9. The maximum Gasteiger partial charge on any atom is 0.234 e. The molecule has 0 spiro atoms. The van der Waals surface area contributed by atoms with Crippen LogP contribution in [0.25, 0.3) is 11.4 Å². The Hall–Kier alpha value is -1.56. The van der Waals surface area contributed by atoms with Crippen molar-refractivity contribution in [2.75, 3.05) is 0 Å². The van der Waals surface area contributed by atoms with Crippen molar-refractivity contribution in [2.24, 2.45) is 0 Å². The van der Waals surface area contributed by atoms with Crippen LogP contribution in [0.1, 0.15) is 25.7 Å². The topological polar surface area (TPSA) is 56.0 Å². The van der Waals surface area contributed by atoms with Gasteiger partial charge in [0.1, 0.15) is 11.6 Å². The van der Waals surface area contributed by atoms with E-state index in [2.05, 4.69) is 26.1 Å². The molecule has 0 saturated heterocycles. The van der Waals surface area contributed by atoms with Crippen molar-refractivity contribution in [1.29, 1.82) is 0 Å². The normalized spacial score (nSPS) is 10.7. The Morgan fingerprint density at radius 1 is 1.47 bits per heavy atom. The monoisotopic (exact) mass is 326 g/mol. The molecule has 6 heteroatoms. The zero-order valence-corrected chi connectivity index (χ0v) is 11.9. The van der Waals surface area contributed by atoms with Gasteiger partial charge in [0, 0.05) is 16.5 Å². The number of hydrogen-bond acceptors (Lipinski definition) is 4. The Morgan fingerprint density at radius 3 is 2.95 bits per heavy atom. The van der Waals surface area contributed by atoms with E-state index in [1.54, 1.807) is 6.07 Å². The zero-order chi connectivity index (χ0) is 13.8. The van der Waals surface area contributed by atoms with Crippen LogP contribution in [0.15, 0.2) is 27.2 Å². The molecule has 0 amide bonds. The van der Waals surface area contributed by atoms with Crippen molar-refractivity contribution in [3.63, 3.8) is 0 Å². The molecule has 2 rings (SSSR count). The van der Waals surface area contributed by atoms with E-state index in [1.807, 2.05) is 6.92 Å². The van der Waals surface area contributed by atoms with Crippen LogP contribution in [0.5, 0.6) is 0 Å². The quantitative estimate of drug-likeness (QED) is 0.843. The molecular formula is C13H12BrFN2O2. The fourth-order valence-electron chi connectivity index (χ4n) is 1.64. The molecule has 0 unspecified atom stereocenters. The van der Waals surface area contributed by atoms with E-state index in [0.29, 0.717) is 22.3 Å². The first-order valence-electron chi connectivity index (χ1n) is 5.90. The van der Waals surface area contributed by atoms with Crippen LogP contribution in [0.4, 0.5) is 4.39 Å². The summed E-state index contributed by atoms with van der Waals surface area (Å²) in [5.74, 6) is 0.337. The van der Waals surface area contributed by atoms with E-state index < -0.39 is 0 Å². The highest BCUT2D eigenvalue weighted by Crippen LogP contribution is 2.26. The summed E-state index contributed by atoms with van der Waals surface area (Å²) < 4.78 is 18.6. The van der Waals surface area contributed by atoms with Crippen molar-refractivity contribution < 1.29 is 13.7 Å². The van der Waals surface area contributed by atoms with E-state index in [-0.39, 0.29) is 23.9 Å². The van der Waals surface area contributed by atoms with Gasteiger partial charge >= 0.3 is 0 Å². The van der Waals surface area contributed by atoms with Crippen molar-refractivity contribution in [1.82, 2.24) is 10.1 Å². The Morgan fingerprint density at radius 2 is 2.26 bits per heavy atom. The molecule has 2 aromatic rings. The highest BCUT2D eigenvalue weighted by Gasteiger charge is 2.14. The Bertz CT molecular complexity index is 598. The van der Waals surface area contributed by atoms with Gasteiger partial charge in [0.2, 0.25) is 11.7 Å². The molecule has 0 aliphatic carbocycles. The number of carbonyl (C=O) groups excluding carboxylic acids is 1. The number of aromatic nitrogens is 2. The maximum atomic E-state index is 13.0. The van der Waals surface area contributed by atoms with Gasteiger partial charge in [0.05, 0.1) is 6.42 Å². The summed E-state index contributed by atoms with van der Waals surface area (Å²) in [5, 5.41) is 3.80. The molecule has 19 heavy (non-hydrogen) atoms. The molecule has 0 aliphatic heterocycles. The van der Waals surface area contributed by atoms with Crippen LogP contribution in [0, 0.1) is 5.82 Å². The second-order valence-corrected chi connectivity index (χ2v) is 4.96. The first-order chi connectivity index (χ1) is 9.10. The minimum absolute atomic E-state index is 0.0656. The number of carbonyl (C=O) groups is 1. The van der Waals surface area contributed by atoms with Gasteiger partial charge in [-0.25, -0.2) is 4.39 Å². The number of hydrogen-bond donors (Lipinski definition) is 0. The highest BCUT2D eigenvalue weighted by atomic mass is 79.9. The van der Waals surface area contributed by atoms with E-state index in [9.17, 15) is 9.18 Å². The molecule has 0 fully saturated rings. The van der Waals surface area contributed by atoms with Gasteiger partial charge in [0.15, 0.2) is 0 Å². The number of Topliss-reactive ketones (excluding diaryl/α,β-unsaturated/α-hetero) is 1. The summed E-state index contributed by atoms with van der Waals surface area (Å²) in [7, 11) is 0. The molecule has 0 bridgehead atoms. The lowest BCUT2D eigenvalue weighted by molar-refractivity contribution is -0.118. The maximum absolute atomic E-state index is 13.0. The molecule has 0 saturated carbocycles. The number of halogens is 2. The fourth-order valence-corrected chi connectivity index (χ4v) is 2.17. The van der Waals surface area contributed by atoms with Gasteiger partial charge < -0.3 is 4.52 Å². The summed E-state index contributed by atoms with van der Waals surface area (Å²) in [4.78, 5) is 15.6. The predicted octanol–water partition coefficient (Wildman–Crippen LogP) is 3.55. The lowest BCUT2D eigenvalue weighted by atomic mass is 10.2. The second kappa shape index (κ2) is 6.06. The molecule has 0 atom stereocenters. The first-order valence-corrected chi connectivity index (χ1v) is 6.69. The summed E-state index contributed by atoms with van der Waals surface area (Å²) in [6, 6.07) is 4.20. The van der Waals surface area contributed by atoms with Gasteiger partial charge in [-0.05, 0) is 40.5 Å². The molecule has 100 valence electrons. The van der Waals surface area contributed by atoms with Crippen molar-refractivity contribution in [3.05, 3.63) is 34.4 Å². The zero-order valence-electron chi connectivity index (χ0n) is 10.3. The number of ketones is 1. The lowest BCUT2D eigenvalue weighted by Crippen LogP contribution is -2.01. The Labute approximate surface area is 118 Å². The van der Waals surface area contributed by atoms with E-state index in [4.69, 9.17) is 4.52 Å². The van der Waals surface area contributed by atoms with Gasteiger partial charge in [-0.2, -0.15) is 4.98 Å². The fraction of sp³-hybridized carbons (Fsp3) is 0.308. The Kier molecular flexibility index (Phi) is 4.42. The number of rotatable bonds is 5. The van der Waals surface area contributed by atoms with Crippen molar-refractivity contribution >= 4 is 21.7 Å². The van der Waals surface area contributed by atoms with Crippen LogP contribution >= 0.6 is 15.9 Å². The van der Waals surface area contributed by atoms with Crippen molar-refractivity contribution in [2.45, 2.75) is 26.2 Å². The van der Waals surface area contributed by atoms with Crippen molar-refractivity contribution in [3.8, 4) is 11.4 Å². The SMILES string of the molecule is CCCC(=O)Cc1nc(-c2ccc(F)cc2Br)no1. The van der Waals surface area contributed by atoms with E-state index >= 15 is 0 Å². The largest absolute Gasteiger partial charge is 0.338 e. The standard InChI is InChI=1S/C13H12BrFN2O2/c1-2-3-9(18)7-12-16-13(17-19-12)10-5-4-8(15)6-11(10)14/h4-6H,2-3,7H2,1H3. The van der Waals surface area contributed by atoms with E-state index in [1.165, 1.54) is 12.1 Å². The Balaban J connectivity index is 2.18. The summed E-state index contributed by atoms with van der Waals surface area (Å²) in [6.07, 6.45) is 1.43. The minimum atomic E-state index is -0.350. The van der Waals surface area contributed by atoms with Crippen LogP contribution in [-0.4, -0.2) is 15.9 Å². The molecule has 0 radical (unpaired) electrons. The number of benzene rings is 1. The highest BCUT2D eigenvalue weighted by molar-refractivity contribution is 9.10. The third kappa shape index (κ3) is 3.47. The molecule has 1 aromatic heterocycles. The van der Waals surface area contributed by atoms with Crippen LogP contribution < -0.4 is 0 Å². The third-order valence-corrected chi connectivity index (χ3v) is 3.17. The average molecular weight is 327 g/mol. The van der Waals surface area contributed by atoms with Gasteiger partial charge in [-0.15, -0.1) is 0 Å². The molecular weight excluding hydrogens is 315 g/mol. The molecule has 0 N–H and O–H groups in total. The second-order valence-electron chi connectivity index (χ2n) is 4.10. The molecule has 4 nitrogen and oxygen atoms in total. The molecule has 1 aromatic carbocycles. The van der Waals surface area contributed by atoms with E-state index in [0.717, 1.165) is 6.42 Å². The minimum Gasteiger partial charge on any atom is -0.338 e. The number of nitrogens with zero attached hydrogens (tertiary/aromatic N) is 2. The van der Waals surface area contributed by atoms with Crippen LogP contribution in [0.3, 0.4) is 0 Å². The molecule has 0 aliphatic rings. The summed E-state index contributed by atoms with van der Waals surface area (Å²) in [5.41, 5.74) is 0.624.